The third-order valence-corrected chi connectivity index (χ3v) is 11.5. The molecule has 0 radical (unpaired) electrons. The van der Waals surface area contributed by atoms with Crippen molar-refractivity contribution in [3.8, 4) is 0 Å². The van der Waals surface area contributed by atoms with Crippen molar-refractivity contribution in [3.05, 3.63) is 95.4 Å². The second kappa shape index (κ2) is 15.6. The van der Waals surface area contributed by atoms with Gasteiger partial charge in [0.15, 0.2) is 0 Å². The van der Waals surface area contributed by atoms with Crippen molar-refractivity contribution in [2.75, 3.05) is 13.7 Å². The van der Waals surface area contributed by atoms with Crippen LogP contribution < -0.4 is 20.7 Å². The molecule has 0 amide bonds. The number of aromatic nitrogens is 2. The number of nitrogens with zero attached hydrogens (tertiary/aromatic N) is 4. The molecule has 0 saturated carbocycles. The normalized spacial score (nSPS) is 27.8. The van der Waals surface area contributed by atoms with Gasteiger partial charge in [0.25, 0.3) is 0 Å². The molecule has 1 saturated heterocycles. The summed E-state index contributed by atoms with van der Waals surface area (Å²) in [6, 6.07) is -0.516. The Morgan fingerprint density at radius 3 is 2.41 bits per heavy atom. The van der Waals surface area contributed by atoms with Gasteiger partial charge >= 0.3 is 35.0 Å². The molecule has 51 heavy (non-hydrogen) atoms. The van der Waals surface area contributed by atoms with Crippen LogP contribution in [0, 0.1) is 37.5 Å². The second-order valence-corrected chi connectivity index (χ2v) is 14.2. The first-order chi connectivity index (χ1) is 23.9. The van der Waals surface area contributed by atoms with Gasteiger partial charge in [-0.3, -0.25) is 9.59 Å². The summed E-state index contributed by atoms with van der Waals surface area (Å²) in [6.07, 6.45) is 10.3. The van der Waals surface area contributed by atoms with E-state index in [4.69, 9.17) is 30.1 Å². The van der Waals surface area contributed by atoms with Crippen LogP contribution in [0.15, 0.2) is 40.4 Å². The molecule has 1 fully saturated rings. The number of ether oxygens (including phenoxy) is 2. The minimum absolute atomic E-state index is 0. The van der Waals surface area contributed by atoms with Crippen LogP contribution in [0.4, 0.5) is 0 Å². The number of aliphatic hydroxyl groups is 1. The van der Waals surface area contributed by atoms with Gasteiger partial charge in [-0.2, -0.15) is 11.4 Å². The quantitative estimate of drug-likeness (QED) is 0.198. The minimum atomic E-state index is -1.14. The van der Waals surface area contributed by atoms with Crippen molar-refractivity contribution in [2.45, 2.75) is 99.6 Å². The van der Waals surface area contributed by atoms with Gasteiger partial charge in [0, 0.05) is 6.42 Å². The Morgan fingerprint density at radius 1 is 1.00 bits per heavy atom. The Labute approximate surface area is 318 Å². The monoisotopic (exact) mass is 702 g/mol. The van der Waals surface area contributed by atoms with Crippen LogP contribution >= 0.6 is 0 Å². The molecule has 3 aliphatic heterocycles. The number of hydrogen-bond donors (Lipinski definition) is 1. The van der Waals surface area contributed by atoms with Gasteiger partial charge < -0.3 is 35.2 Å². The van der Waals surface area contributed by atoms with Crippen molar-refractivity contribution in [1.29, 1.82) is 0 Å². The maximum absolute atomic E-state index is 13.5. The van der Waals surface area contributed by atoms with E-state index < -0.39 is 24.0 Å². The third kappa shape index (κ3) is 6.91. The number of fused-ring (bicyclic) bond motifs is 8. The van der Waals surface area contributed by atoms with Crippen molar-refractivity contribution < 1.29 is 24.2 Å². The molecule has 1 N–H and O–H groups in total. The molecule has 0 spiro atoms. The molecular weight excluding hydrogens is 653 g/mol. The van der Waals surface area contributed by atoms with Gasteiger partial charge in [0.1, 0.15) is 12.5 Å². The van der Waals surface area contributed by atoms with Crippen LogP contribution in [-0.4, -0.2) is 59.9 Å². The molecule has 8 bridgehead atoms. The average Bonchev–Trinajstić information content (AvgIpc) is 3.84. The molecule has 5 heterocycles. The number of aliphatic hydroxyl groups excluding tert-OH is 1. The first kappa shape index (κ1) is 38.8. The maximum Gasteiger partial charge on any atom is 2.00 e. The summed E-state index contributed by atoms with van der Waals surface area (Å²) in [5, 5.41) is 23.7. The molecule has 6 atom stereocenters. The van der Waals surface area contributed by atoms with Gasteiger partial charge in [-0.25, -0.2) is 0 Å². The summed E-state index contributed by atoms with van der Waals surface area (Å²) in [5.41, 5.74) is 11.2. The van der Waals surface area contributed by atoms with E-state index in [0.717, 1.165) is 64.4 Å². The van der Waals surface area contributed by atoms with Gasteiger partial charge in [-0.05, 0) is 82.8 Å². The van der Waals surface area contributed by atoms with Crippen LogP contribution in [0.25, 0.3) is 28.4 Å². The zero-order valence-corrected chi connectivity index (χ0v) is 33.0. The van der Waals surface area contributed by atoms with Crippen LogP contribution in [-0.2, 0) is 25.5 Å². The van der Waals surface area contributed by atoms with Crippen molar-refractivity contribution in [1.82, 2.24) is 9.97 Å². The molecule has 1 aliphatic carbocycles. The standard InChI is InChI=1S/C41H50N4O5.Mg/c1-10-20(4)15-16-50-34(46)14-13-27-23(7)30-17-28-21(5)25(11-2)32(42-28)18-29-22(6)26(12-3)33(43-29)19-31-24(8)35-39(45-31)36(38(27)44-30)37(40(35)47)41(48)49-9;/h15,17-19,23,25,27,37-38,40,47H,10-14,16H2,1-9H3;/q-4;+2/b20-15+,30-17-,31-19-,32-18-;/t23-,25-,27-,37-,38?,40-;/m1./s1. The molecule has 10 heteroatoms. The van der Waals surface area contributed by atoms with Crippen LogP contribution in [0.2, 0.25) is 0 Å². The van der Waals surface area contributed by atoms with Crippen LogP contribution in [0.3, 0.4) is 0 Å². The van der Waals surface area contributed by atoms with E-state index in [-0.39, 0.29) is 59.8 Å². The molecule has 6 rings (SSSR count). The molecule has 9 nitrogen and oxygen atoms in total. The topological polar surface area (TPSA) is 129 Å². The SMILES string of the molecule is CC/C(C)=C/COC(=O)CC[C@H]1C2[N-]/C(=C\C3=C(C)[C@@H](CC)/C(=C/c4[n-]c(c(CC)c4C)/C=c4\[n-]c5c(c4C)[C@@H](O)[C@H](C(=O)OC)C=52)[N-]3)[C@@H]1C.[Mg+2]. The number of allylic oxidation sites excluding steroid dienone is 4. The summed E-state index contributed by atoms with van der Waals surface area (Å²) < 4.78 is 10.9. The fraction of sp³-hybridized carbons (Fsp3) is 0.512. The smallest absolute Gasteiger partial charge is 0.681 e. The van der Waals surface area contributed by atoms with Crippen molar-refractivity contribution >= 4 is 52.7 Å². The zero-order chi connectivity index (χ0) is 36.0. The van der Waals surface area contributed by atoms with E-state index in [1.807, 2.05) is 26.0 Å². The van der Waals surface area contributed by atoms with E-state index in [2.05, 4.69) is 53.7 Å². The van der Waals surface area contributed by atoms with Crippen LogP contribution in [0.5, 0.6) is 0 Å². The third-order valence-electron chi connectivity index (χ3n) is 11.5. The van der Waals surface area contributed by atoms with Crippen LogP contribution in [0.1, 0.15) is 107 Å². The predicted octanol–water partition coefficient (Wildman–Crippen LogP) is 5.83. The Balaban J connectivity index is 0.00000504. The number of rotatable bonds is 9. The Hall–Kier alpha value is -3.47. The fourth-order valence-corrected chi connectivity index (χ4v) is 8.26. The Kier molecular flexibility index (Phi) is 11.9. The second-order valence-electron chi connectivity index (χ2n) is 14.2. The van der Waals surface area contributed by atoms with Crippen molar-refractivity contribution in [2.24, 2.45) is 23.7 Å². The molecule has 268 valence electrons. The molecule has 2 aromatic heterocycles. The average molecular weight is 703 g/mol. The van der Waals surface area contributed by atoms with Crippen molar-refractivity contribution in [3.63, 3.8) is 0 Å². The zero-order valence-electron chi connectivity index (χ0n) is 31.6. The van der Waals surface area contributed by atoms with Gasteiger partial charge in [-0.1, -0.05) is 85.4 Å². The van der Waals surface area contributed by atoms with E-state index >= 15 is 0 Å². The molecular formula is C41H50MgN4O5-2. The fourth-order valence-electron chi connectivity index (χ4n) is 8.26. The van der Waals surface area contributed by atoms with E-state index in [0.29, 0.717) is 28.3 Å². The number of esters is 2. The molecule has 0 aromatic carbocycles. The molecule has 1 unspecified atom stereocenters. The van der Waals surface area contributed by atoms with Gasteiger partial charge in [0.05, 0.1) is 13.2 Å². The largest absolute Gasteiger partial charge is 2.00 e. The summed E-state index contributed by atoms with van der Waals surface area (Å²) in [4.78, 5) is 36.7. The summed E-state index contributed by atoms with van der Waals surface area (Å²) >= 11 is 0. The Morgan fingerprint density at radius 2 is 1.75 bits per heavy atom. The van der Waals surface area contributed by atoms with Gasteiger partial charge in [-0.15, -0.1) is 27.8 Å². The van der Waals surface area contributed by atoms with E-state index in [9.17, 15) is 14.7 Å². The van der Waals surface area contributed by atoms with Gasteiger partial charge in [0.2, 0.25) is 0 Å². The predicted molar refractivity (Wildman–Crippen MR) is 201 cm³/mol. The first-order valence-electron chi connectivity index (χ1n) is 18.1. The maximum atomic E-state index is 13.5. The van der Waals surface area contributed by atoms with E-state index in [1.54, 1.807) is 0 Å². The summed E-state index contributed by atoms with van der Waals surface area (Å²) in [7, 11) is 1.34. The molecule has 4 aliphatic rings. The minimum Gasteiger partial charge on any atom is -0.681 e. The number of methoxy groups -OCH3 is 1. The molecule has 2 aromatic rings. The number of carbonyl (C=O) groups excluding carboxylic acids is 2. The number of carbonyl (C=O) groups is 2. The first-order valence-corrected chi connectivity index (χ1v) is 18.1. The summed E-state index contributed by atoms with van der Waals surface area (Å²) in [5.74, 6) is -1.85. The summed E-state index contributed by atoms with van der Waals surface area (Å²) in [6.45, 7) is 17.0. The van der Waals surface area contributed by atoms with E-state index in [1.165, 1.54) is 18.3 Å². The number of hydrogen-bond acceptors (Lipinski definition) is 5. The Bertz CT molecular complexity index is 1960.